The number of guanidine groups is 1. The highest BCUT2D eigenvalue weighted by molar-refractivity contribution is 6.41. The van der Waals surface area contributed by atoms with Crippen LogP contribution in [-0.4, -0.2) is 71.3 Å². The van der Waals surface area contributed by atoms with Crippen LogP contribution in [0.5, 0.6) is 0 Å². The first-order valence-electron chi connectivity index (χ1n) is 12.9. The highest BCUT2D eigenvalue weighted by Crippen LogP contribution is 2.24. The van der Waals surface area contributed by atoms with Gasteiger partial charge in [0.15, 0.2) is 5.96 Å². The molecular formula is C28H28F6N6O7. The summed E-state index contributed by atoms with van der Waals surface area (Å²) >= 11 is 0. The summed E-state index contributed by atoms with van der Waals surface area (Å²) < 4.78 is 72.0. The Morgan fingerprint density at radius 1 is 0.915 bits per heavy atom. The molecule has 254 valence electrons. The van der Waals surface area contributed by atoms with E-state index in [4.69, 9.17) is 16.2 Å². The van der Waals surface area contributed by atoms with E-state index in [1.54, 1.807) is 31.3 Å². The quantitative estimate of drug-likeness (QED) is 0.0811. The zero-order valence-electron chi connectivity index (χ0n) is 24.2. The summed E-state index contributed by atoms with van der Waals surface area (Å²) in [5.41, 5.74) is 12.9. The number of hydrogen-bond acceptors (Lipinski definition) is 8. The molecule has 13 nitrogen and oxygen atoms in total. The first kappa shape index (κ1) is 39.4. The number of rotatable bonds is 10. The number of Topliss-reactive ketones (excluding diaryl/α,β-unsaturated/α-hetero) is 2. The molecule has 0 aliphatic carbocycles. The highest BCUT2D eigenvalue weighted by Gasteiger charge is 2.54. The van der Waals surface area contributed by atoms with E-state index in [2.05, 4.69) is 20.6 Å². The largest absolute Gasteiger partial charge is 0.466 e. The minimum Gasteiger partial charge on any atom is -0.466 e. The van der Waals surface area contributed by atoms with Crippen LogP contribution in [0.1, 0.15) is 35.3 Å². The number of nitrogens with one attached hydrogen (secondary N) is 2. The summed E-state index contributed by atoms with van der Waals surface area (Å²) in [4.78, 5) is 64.8. The molecule has 47 heavy (non-hydrogen) atoms. The molecule has 3 rings (SSSR count). The average Bonchev–Trinajstić information content (AvgIpc) is 2.97. The van der Waals surface area contributed by atoms with Crippen molar-refractivity contribution in [3.8, 4) is 0 Å². The van der Waals surface area contributed by atoms with E-state index in [1.807, 2.05) is 30.3 Å². The SMILES string of the molecule is CCOC(=O)CC(NC(=O)CNC(=O)c1cccc(N=C(N)N)c1)c1cnc2ccccc2c1.O.O=C(C(=O)C(F)(F)F)C(F)(F)F. The number of nitrogens with two attached hydrogens (primary N) is 2. The molecule has 0 spiro atoms. The van der Waals surface area contributed by atoms with Crippen LogP contribution in [-0.2, 0) is 23.9 Å². The van der Waals surface area contributed by atoms with Gasteiger partial charge in [-0.25, -0.2) is 4.99 Å². The van der Waals surface area contributed by atoms with Crippen molar-refractivity contribution in [3.05, 3.63) is 71.9 Å². The molecule has 0 radical (unpaired) electrons. The van der Waals surface area contributed by atoms with Crippen molar-refractivity contribution in [2.45, 2.75) is 31.7 Å². The second-order valence-corrected chi connectivity index (χ2v) is 9.01. The van der Waals surface area contributed by atoms with Crippen LogP contribution < -0.4 is 22.1 Å². The van der Waals surface area contributed by atoms with Gasteiger partial charge in [0.25, 0.3) is 5.91 Å². The van der Waals surface area contributed by atoms with Crippen LogP contribution in [0.2, 0.25) is 0 Å². The van der Waals surface area contributed by atoms with Gasteiger partial charge < -0.3 is 32.3 Å². The standard InChI is InChI=1S/C24H26N6O4.C4F6O2.H2O/c1-2-34-22(32)12-20(17-10-15-6-3-4-9-19(15)27-13-17)30-21(31)14-28-23(33)16-7-5-8-18(11-16)29-24(25)26;5-3(6,7)1(11)2(12)4(8,9)10;/h3-11,13,20H,2,12,14H2,1H3,(H,28,33)(H,30,31)(H4,25,26,29);;1H2. The molecule has 3 aromatic rings. The van der Waals surface area contributed by atoms with Gasteiger partial charge in [0, 0.05) is 17.1 Å². The fourth-order valence-electron chi connectivity index (χ4n) is 3.55. The van der Waals surface area contributed by atoms with Crippen LogP contribution in [0, 0.1) is 0 Å². The van der Waals surface area contributed by atoms with Gasteiger partial charge in [-0.05, 0) is 42.8 Å². The number of carbonyl (C=O) groups is 5. The minimum atomic E-state index is -5.77. The van der Waals surface area contributed by atoms with Crippen molar-refractivity contribution in [3.63, 3.8) is 0 Å². The zero-order chi connectivity index (χ0) is 34.7. The highest BCUT2D eigenvalue weighted by atomic mass is 19.4. The zero-order valence-corrected chi connectivity index (χ0v) is 24.2. The van der Waals surface area contributed by atoms with Gasteiger partial charge in [-0.2, -0.15) is 26.3 Å². The molecular weight excluding hydrogens is 646 g/mol. The number of esters is 1. The Morgan fingerprint density at radius 2 is 1.53 bits per heavy atom. The van der Waals surface area contributed by atoms with Gasteiger partial charge in [-0.15, -0.1) is 0 Å². The predicted octanol–water partition coefficient (Wildman–Crippen LogP) is 2.10. The number of amides is 2. The Bertz CT molecular complexity index is 1600. The lowest BCUT2D eigenvalue weighted by atomic mass is 10.0. The lowest BCUT2D eigenvalue weighted by Crippen LogP contribution is -2.39. The van der Waals surface area contributed by atoms with E-state index in [0.717, 1.165) is 10.9 Å². The Balaban J connectivity index is 0.000000725. The normalized spacial score (nSPS) is 11.5. The number of para-hydroxylation sites is 1. The molecule has 0 bridgehead atoms. The van der Waals surface area contributed by atoms with Crippen molar-refractivity contribution >= 4 is 51.9 Å². The van der Waals surface area contributed by atoms with Crippen molar-refractivity contribution in [1.29, 1.82) is 0 Å². The molecule has 1 aromatic heterocycles. The molecule has 0 aliphatic rings. The number of pyridine rings is 1. The van der Waals surface area contributed by atoms with Crippen molar-refractivity contribution in [1.82, 2.24) is 15.6 Å². The van der Waals surface area contributed by atoms with E-state index in [0.29, 0.717) is 11.3 Å². The second-order valence-electron chi connectivity index (χ2n) is 9.01. The number of halogens is 6. The number of benzene rings is 2. The van der Waals surface area contributed by atoms with Crippen LogP contribution in [0.4, 0.5) is 32.0 Å². The maximum absolute atomic E-state index is 12.6. The molecule has 1 heterocycles. The van der Waals surface area contributed by atoms with E-state index in [1.165, 1.54) is 6.07 Å². The van der Waals surface area contributed by atoms with Gasteiger partial charge >= 0.3 is 29.9 Å². The van der Waals surface area contributed by atoms with Gasteiger partial charge in [0.05, 0.1) is 36.8 Å². The van der Waals surface area contributed by atoms with Crippen molar-refractivity contribution in [2.75, 3.05) is 13.2 Å². The molecule has 1 atom stereocenters. The lowest BCUT2D eigenvalue weighted by molar-refractivity contribution is -0.193. The Hall–Kier alpha value is -5.59. The minimum absolute atomic E-state index is 0. The number of hydrogen-bond donors (Lipinski definition) is 4. The lowest BCUT2D eigenvalue weighted by Gasteiger charge is -2.19. The monoisotopic (exact) mass is 674 g/mol. The van der Waals surface area contributed by atoms with Gasteiger partial charge in [0.2, 0.25) is 5.91 Å². The predicted molar refractivity (Wildman–Crippen MR) is 154 cm³/mol. The topological polar surface area (TPSA) is 227 Å². The first-order valence-corrected chi connectivity index (χ1v) is 12.9. The van der Waals surface area contributed by atoms with Crippen molar-refractivity contribution < 1.29 is 60.5 Å². The molecule has 0 saturated heterocycles. The molecule has 1 unspecified atom stereocenters. The number of ketones is 2. The number of alkyl halides is 6. The maximum atomic E-state index is 12.6. The smallest absolute Gasteiger partial charge is 0.458 e. The van der Waals surface area contributed by atoms with Crippen LogP contribution in [0.25, 0.3) is 10.9 Å². The Labute approximate surface area is 261 Å². The Kier molecular flexibility index (Phi) is 14.4. The average molecular weight is 675 g/mol. The van der Waals surface area contributed by atoms with E-state index in [9.17, 15) is 50.3 Å². The number of aromatic nitrogens is 1. The van der Waals surface area contributed by atoms with E-state index in [-0.39, 0.29) is 36.6 Å². The number of ether oxygens (including phenoxy) is 1. The van der Waals surface area contributed by atoms with Gasteiger partial charge in [-0.1, -0.05) is 24.3 Å². The molecule has 8 N–H and O–H groups in total. The third-order valence-electron chi connectivity index (χ3n) is 5.52. The van der Waals surface area contributed by atoms with Crippen LogP contribution in [0.3, 0.4) is 0 Å². The number of fused-ring (bicyclic) bond motifs is 1. The maximum Gasteiger partial charge on any atom is 0.458 e. The molecule has 0 fully saturated rings. The molecule has 0 saturated carbocycles. The number of carbonyl (C=O) groups excluding carboxylic acids is 5. The van der Waals surface area contributed by atoms with Crippen molar-refractivity contribution in [2.24, 2.45) is 16.5 Å². The van der Waals surface area contributed by atoms with Gasteiger partial charge in [-0.3, -0.25) is 29.0 Å². The van der Waals surface area contributed by atoms with Gasteiger partial charge in [0.1, 0.15) is 0 Å². The second kappa shape index (κ2) is 17.2. The van der Waals surface area contributed by atoms with Crippen LogP contribution in [0.15, 0.2) is 65.8 Å². The summed E-state index contributed by atoms with van der Waals surface area (Å²) in [5.74, 6) is -8.35. The first-order chi connectivity index (χ1) is 21.4. The molecule has 19 heteroatoms. The fraction of sp³-hybridized carbons (Fsp3) is 0.250. The number of nitrogens with zero attached hydrogens (tertiary/aromatic N) is 2. The third kappa shape index (κ3) is 12.7. The summed E-state index contributed by atoms with van der Waals surface area (Å²) in [7, 11) is 0. The summed E-state index contributed by atoms with van der Waals surface area (Å²) in [6, 6.07) is 15.0. The third-order valence-corrected chi connectivity index (χ3v) is 5.52. The fourth-order valence-corrected chi connectivity index (χ4v) is 3.55. The molecule has 0 aliphatic heterocycles. The Morgan fingerprint density at radius 3 is 2.11 bits per heavy atom. The van der Waals surface area contributed by atoms with E-state index < -0.39 is 47.7 Å². The molecule has 2 aromatic carbocycles. The van der Waals surface area contributed by atoms with E-state index >= 15 is 0 Å². The number of aliphatic imine (C=N–C) groups is 1. The summed E-state index contributed by atoms with van der Waals surface area (Å²) in [6.07, 6.45) is -10.0. The summed E-state index contributed by atoms with van der Waals surface area (Å²) in [6.45, 7) is 1.64. The molecule has 2 amide bonds. The summed E-state index contributed by atoms with van der Waals surface area (Å²) in [5, 5.41) is 6.20. The van der Waals surface area contributed by atoms with Crippen LogP contribution >= 0.6 is 0 Å².